The Bertz CT molecular complexity index is 722. The molecular weight excluding hydrogens is 327 g/mol. The van der Waals surface area contributed by atoms with Gasteiger partial charge in [-0.05, 0) is 35.1 Å². The molecule has 0 bridgehead atoms. The first-order valence-corrected chi connectivity index (χ1v) is 8.29. The van der Waals surface area contributed by atoms with Gasteiger partial charge in [0.05, 0.1) is 11.3 Å². The molecule has 0 amide bonds. The molecule has 25 heavy (non-hydrogen) atoms. The van der Waals surface area contributed by atoms with Gasteiger partial charge >= 0.3 is 6.18 Å². The number of carbonyl (C=O) groups is 1. The summed E-state index contributed by atoms with van der Waals surface area (Å²) < 4.78 is 37.9. The minimum atomic E-state index is -4.37. The standard InChI is InChI=1S/C15H16F3NO.C5H12/c1-14(2,3)8-13(20)12-7-9-6-10(15(16,17)18)4-5-11(9)19-12;1-5(2,3)4/h4-7,19H,8H2,1-3H3;1-4H3. The third-order valence-corrected chi connectivity index (χ3v) is 2.94. The van der Waals surface area contributed by atoms with Gasteiger partial charge in [0.25, 0.3) is 0 Å². The van der Waals surface area contributed by atoms with Gasteiger partial charge < -0.3 is 4.98 Å². The van der Waals surface area contributed by atoms with Crippen molar-refractivity contribution in [2.75, 3.05) is 0 Å². The molecule has 0 saturated heterocycles. The lowest BCUT2D eigenvalue weighted by Gasteiger charge is -2.15. The van der Waals surface area contributed by atoms with Gasteiger partial charge in [0.1, 0.15) is 0 Å². The van der Waals surface area contributed by atoms with Crippen LogP contribution in [0, 0.1) is 10.8 Å². The van der Waals surface area contributed by atoms with Gasteiger partial charge in [0.2, 0.25) is 0 Å². The van der Waals surface area contributed by atoms with Crippen LogP contribution < -0.4 is 0 Å². The van der Waals surface area contributed by atoms with Crippen LogP contribution in [0.2, 0.25) is 0 Å². The number of Topliss-reactive ketones (excluding diaryl/α,β-unsaturated/α-hetero) is 1. The molecule has 2 nitrogen and oxygen atoms in total. The van der Waals surface area contributed by atoms with Gasteiger partial charge in [-0.25, -0.2) is 0 Å². The third kappa shape index (κ3) is 7.76. The first-order chi connectivity index (χ1) is 11.1. The molecule has 5 heteroatoms. The Labute approximate surface area is 147 Å². The van der Waals surface area contributed by atoms with E-state index in [1.54, 1.807) is 0 Å². The number of H-pyrrole nitrogens is 1. The lowest BCUT2D eigenvalue weighted by Crippen LogP contribution is -2.13. The zero-order valence-corrected chi connectivity index (χ0v) is 16.1. The van der Waals surface area contributed by atoms with Crippen molar-refractivity contribution in [2.45, 2.75) is 61.1 Å². The molecule has 0 fully saturated rings. The summed E-state index contributed by atoms with van der Waals surface area (Å²) in [7, 11) is 0. The number of halogens is 3. The Hall–Kier alpha value is -1.78. The average Bonchev–Trinajstić information content (AvgIpc) is 2.76. The summed E-state index contributed by atoms with van der Waals surface area (Å²) in [5.41, 5.74) is 0.522. The number of carbonyl (C=O) groups excluding carboxylic acids is 1. The van der Waals surface area contributed by atoms with Crippen LogP contribution in [-0.2, 0) is 6.18 Å². The monoisotopic (exact) mass is 355 g/mol. The molecule has 0 saturated carbocycles. The van der Waals surface area contributed by atoms with E-state index in [1.807, 2.05) is 20.8 Å². The summed E-state index contributed by atoms with van der Waals surface area (Å²) in [5.74, 6) is -0.0951. The second kappa shape index (κ2) is 7.22. The highest BCUT2D eigenvalue weighted by molar-refractivity contribution is 5.99. The number of ketones is 1. The molecule has 0 aliphatic carbocycles. The second-order valence-electron chi connectivity index (χ2n) is 9.14. The highest BCUT2D eigenvalue weighted by atomic mass is 19.4. The van der Waals surface area contributed by atoms with Crippen molar-refractivity contribution >= 4 is 16.7 Å². The van der Waals surface area contributed by atoms with Crippen LogP contribution >= 0.6 is 0 Å². The van der Waals surface area contributed by atoms with E-state index in [0.717, 1.165) is 12.1 Å². The molecule has 0 radical (unpaired) electrons. The van der Waals surface area contributed by atoms with E-state index in [1.165, 1.54) is 12.1 Å². The number of alkyl halides is 3. The predicted molar refractivity (Wildman–Crippen MR) is 96.8 cm³/mol. The van der Waals surface area contributed by atoms with Crippen LogP contribution in [0.1, 0.15) is 70.9 Å². The molecule has 0 unspecified atom stereocenters. The Morgan fingerprint density at radius 3 is 1.92 bits per heavy atom. The summed E-state index contributed by atoms with van der Waals surface area (Å²) in [6, 6.07) is 4.90. The van der Waals surface area contributed by atoms with Crippen LogP contribution in [0.5, 0.6) is 0 Å². The Kier molecular flexibility index (Phi) is 6.14. The van der Waals surface area contributed by atoms with E-state index >= 15 is 0 Å². The second-order valence-corrected chi connectivity index (χ2v) is 9.14. The average molecular weight is 355 g/mol. The zero-order chi connectivity index (χ0) is 19.6. The minimum Gasteiger partial charge on any atom is -0.352 e. The van der Waals surface area contributed by atoms with Crippen molar-refractivity contribution < 1.29 is 18.0 Å². The summed E-state index contributed by atoms with van der Waals surface area (Å²) in [4.78, 5) is 14.9. The minimum absolute atomic E-state index is 0.0951. The number of aromatic amines is 1. The molecule has 1 aromatic heterocycles. The molecule has 2 aromatic rings. The van der Waals surface area contributed by atoms with E-state index in [4.69, 9.17) is 0 Å². The first kappa shape index (κ1) is 21.3. The summed E-state index contributed by atoms with van der Waals surface area (Å²) in [6.07, 6.45) is -4.03. The SMILES string of the molecule is CC(C)(C)C.CC(C)(C)CC(=O)c1cc2cc(C(F)(F)F)ccc2[nH]1. The van der Waals surface area contributed by atoms with Crippen molar-refractivity contribution in [3.8, 4) is 0 Å². The summed E-state index contributed by atoms with van der Waals surface area (Å²) >= 11 is 0. The first-order valence-electron chi connectivity index (χ1n) is 8.29. The van der Waals surface area contributed by atoms with Crippen molar-refractivity contribution in [2.24, 2.45) is 10.8 Å². The highest BCUT2D eigenvalue weighted by Crippen LogP contribution is 2.32. The molecule has 0 atom stereocenters. The van der Waals surface area contributed by atoms with Crippen molar-refractivity contribution in [1.82, 2.24) is 4.98 Å². The number of fused-ring (bicyclic) bond motifs is 1. The van der Waals surface area contributed by atoms with E-state index in [-0.39, 0.29) is 11.2 Å². The smallest absolute Gasteiger partial charge is 0.352 e. The van der Waals surface area contributed by atoms with Gasteiger partial charge in [-0.2, -0.15) is 13.2 Å². The van der Waals surface area contributed by atoms with E-state index in [9.17, 15) is 18.0 Å². The molecule has 1 N–H and O–H groups in total. The normalized spacial score (nSPS) is 12.7. The maximum absolute atomic E-state index is 12.6. The van der Waals surface area contributed by atoms with Gasteiger partial charge in [-0.15, -0.1) is 0 Å². The Morgan fingerprint density at radius 2 is 1.48 bits per heavy atom. The van der Waals surface area contributed by atoms with E-state index in [0.29, 0.717) is 28.4 Å². The Balaban J connectivity index is 0.000000550. The number of benzene rings is 1. The summed E-state index contributed by atoms with van der Waals surface area (Å²) in [5, 5.41) is 0.400. The molecule has 140 valence electrons. The molecule has 1 aromatic carbocycles. The van der Waals surface area contributed by atoms with E-state index < -0.39 is 11.7 Å². The molecule has 1 heterocycles. The fraction of sp³-hybridized carbons (Fsp3) is 0.550. The van der Waals surface area contributed by atoms with E-state index in [2.05, 4.69) is 32.7 Å². The van der Waals surface area contributed by atoms with Gasteiger partial charge in [-0.3, -0.25) is 4.79 Å². The lowest BCUT2D eigenvalue weighted by molar-refractivity contribution is -0.137. The van der Waals surface area contributed by atoms with Crippen molar-refractivity contribution in [3.63, 3.8) is 0 Å². The molecule has 2 rings (SSSR count). The van der Waals surface area contributed by atoms with Crippen LogP contribution in [0.15, 0.2) is 24.3 Å². The highest BCUT2D eigenvalue weighted by Gasteiger charge is 2.30. The van der Waals surface area contributed by atoms with Gasteiger partial charge in [0, 0.05) is 17.3 Å². The Morgan fingerprint density at radius 1 is 0.960 bits per heavy atom. The maximum atomic E-state index is 12.6. The van der Waals surface area contributed by atoms with Crippen LogP contribution in [0.4, 0.5) is 13.2 Å². The largest absolute Gasteiger partial charge is 0.416 e. The quantitative estimate of drug-likeness (QED) is 0.587. The van der Waals surface area contributed by atoms with Crippen molar-refractivity contribution in [1.29, 1.82) is 0 Å². The van der Waals surface area contributed by atoms with Crippen LogP contribution in [0.25, 0.3) is 10.9 Å². The topological polar surface area (TPSA) is 32.9 Å². The number of rotatable bonds is 2. The molecule has 0 aliphatic rings. The maximum Gasteiger partial charge on any atom is 0.416 e. The number of aromatic nitrogens is 1. The molecule has 0 spiro atoms. The summed E-state index contributed by atoms with van der Waals surface area (Å²) in [6.45, 7) is 14.6. The fourth-order valence-electron chi connectivity index (χ4n) is 2.04. The fourth-order valence-corrected chi connectivity index (χ4v) is 2.04. The third-order valence-electron chi connectivity index (χ3n) is 2.94. The number of nitrogens with one attached hydrogen (secondary N) is 1. The number of hydrogen-bond acceptors (Lipinski definition) is 1. The van der Waals surface area contributed by atoms with Crippen molar-refractivity contribution in [3.05, 3.63) is 35.5 Å². The zero-order valence-electron chi connectivity index (χ0n) is 16.1. The van der Waals surface area contributed by atoms with Crippen LogP contribution in [0.3, 0.4) is 0 Å². The molecule has 0 aliphatic heterocycles. The van der Waals surface area contributed by atoms with Crippen LogP contribution in [-0.4, -0.2) is 10.8 Å². The predicted octanol–water partition coefficient (Wildman–Crippen LogP) is 6.86. The van der Waals surface area contributed by atoms with Gasteiger partial charge in [0.15, 0.2) is 5.78 Å². The lowest BCUT2D eigenvalue weighted by atomic mass is 9.89. The van der Waals surface area contributed by atoms with Gasteiger partial charge in [-0.1, -0.05) is 48.5 Å². The number of hydrogen-bond donors (Lipinski definition) is 1. The molecular formula is C20H28F3NO.